The zero-order valence-electron chi connectivity index (χ0n) is 12.8. The van der Waals surface area contributed by atoms with Gasteiger partial charge in [0.1, 0.15) is 0 Å². The number of hydrazine groups is 1. The molecule has 0 atom stereocenters. The predicted octanol–water partition coefficient (Wildman–Crippen LogP) is 1.98. The lowest BCUT2D eigenvalue weighted by Gasteiger charge is -2.10. The van der Waals surface area contributed by atoms with Gasteiger partial charge >= 0.3 is 0 Å². The Labute approximate surface area is 154 Å². The van der Waals surface area contributed by atoms with Crippen molar-refractivity contribution in [1.29, 1.82) is 0 Å². The van der Waals surface area contributed by atoms with Crippen LogP contribution in [0.2, 0.25) is 10.0 Å². The first-order chi connectivity index (χ1) is 11.8. The highest BCUT2D eigenvalue weighted by Gasteiger charge is 2.18. The summed E-state index contributed by atoms with van der Waals surface area (Å²) >= 11 is 11.8. The molecule has 0 saturated heterocycles. The maximum Gasteiger partial charge on any atom is 0.271 e. The minimum atomic E-state index is -3.74. The van der Waals surface area contributed by atoms with E-state index in [9.17, 15) is 18.0 Å². The van der Waals surface area contributed by atoms with E-state index in [0.29, 0.717) is 0 Å². The summed E-state index contributed by atoms with van der Waals surface area (Å²) in [5.41, 5.74) is 4.41. The van der Waals surface area contributed by atoms with Gasteiger partial charge in [-0.25, -0.2) is 13.1 Å². The zero-order chi connectivity index (χ0) is 18.6. The van der Waals surface area contributed by atoms with E-state index in [1.165, 1.54) is 31.3 Å². The Morgan fingerprint density at radius 2 is 1.44 bits per heavy atom. The molecule has 0 heterocycles. The van der Waals surface area contributed by atoms with Gasteiger partial charge in [-0.15, -0.1) is 0 Å². The number of carbonyl (C=O) groups excluding carboxylic acids is 2. The molecule has 2 aromatic rings. The fourth-order valence-electron chi connectivity index (χ4n) is 1.86. The van der Waals surface area contributed by atoms with Crippen LogP contribution < -0.4 is 15.6 Å². The summed E-state index contributed by atoms with van der Waals surface area (Å²) in [6, 6.07) is 9.92. The van der Waals surface area contributed by atoms with Crippen molar-refractivity contribution in [3.05, 3.63) is 63.6 Å². The number of nitrogens with one attached hydrogen (secondary N) is 3. The topological polar surface area (TPSA) is 104 Å². The van der Waals surface area contributed by atoms with E-state index in [1.54, 1.807) is 12.1 Å². The van der Waals surface area contributed by atoms with Gasteiger partial charge < -0.3 is 0 Å². The van der Waals surface area contributed by atoms with Crippen molar-refractivity contribution >= 4 is 45.0 Å². The third kappa shape index (κ3) is 4.49. The number of hydrogen-bond acceptors (Lipinski definition) is 4. The Morgan fingerprint density at radius 1 is 0.880 bits per heavy atom. The number of amides is 2. The van der Waals surface area contributed by atoms with Crippen LogP contribution in [-0.2, 0) is 10.0 Å². The molecule has 0 aliphatic heterocycles. The molecule has 0 aromatic heterocycles. The highest BCUT2D eigenvalue weighted by Crippen LogP contribution is 2.20. The van der Waals surface area contributed by atoms with Crippen LogP contribution in [0.5, 0.6) is 0 Å². The van der Waals surface area contributed by atoms with Crippen LogP contribution in [0.1, 0.15) is 20.7 Å². The lowest BCUT2D eigenvalue weighted by molar-refractivity contribution is 0.0846. The van der Waals surface area contributed by atoms with Crippen molar-refractivity contribution in [3.63, 3.8) is 0 Å². The Bertz CT molecular complexity index is 932. The molecule has 0 bridgehead atoms. The molecule has 7 nitrogen and oxygen atoms in total. The minimum absolute atomic E-state index is 0.0274. The number of hydrogen-bond donors (Lipinski definition) is 3. The molecule has 2 aromatic carbocycles. The van der Waals surface area contributed by atoms with Crippen LogP contribution in [0.4, 0.5) is 0 Å². The first kappa shape index (κ1) is 19.2. The number of halogens is 2. The smallest absolute Gasteiger partial charge is 0.267 e. The summed E-state index contributed by atoms with van der Waals surface area (Å²) in [6.45, 7) is 0. The molecule has 0 fully saturated rings. The van der Waals surface area contributed by atoms with Crippen molar-refractivity contribution in [3.8, 4) is 0 Å². The Hall–Kier alpha value is -2.13. The molecule has 0 saturated carbocycles. The molecule has 0 spiro atoms. The van der Waals surface area contributed by atoms with E-state index in [0.717, 1.165) is 6.07 Å². The molecule has 0 aliphatic rings. The molecule has 25 heavy (non-hydrogen) atoms. The second kappa shape index (κ2) is 7.83. The summed E-state index contributed by atoms with van der Waals surface area (Å²) in [5, 5.41) is 0.244. The van der Waals surface area contributed by atoms with Gasteiger partial charge in [0, 0.05) is 0 Å². The number of carbonyl (C=O) groups is 2. The van der Waals surface area contributed by atoms with E-state index in [-0.39, 0.29) is 26.1 Å². The van der Waals surface area contributed by atoms with E-state index in [1.807, 2.05) is 0 Å². The lowest BCUT2D eigenvalue weighted by atomic mass is 10.2. The predicted molar refractivity (Wildman–Crippen MR) is 94.1 cm³/mol. The summed E-state index contributed by atoms with van der Waals surface area (Å²) in [6.07, 6.45) is 0. The fourth-order valence-corrected chi connectivity index (χ4v) is 3.04. The monoisotopic (exact) mass is 401 g/mol. The van der Waals surface area contributed by atoms with Crippen LogP contribution in [-0.4, -0.2) is 27.3 Å². The van der Waals surface area contributed by atoms with Crippen LogP contribution >= 0.6 is 23.2 Å². The third-order valence-electron chi connectivity index (χ3n) is 3.17. The van der Waals surface area contributed by atoms with Gasteiger partial charge in [-0.3, -0.25) is 20.4 Å². The van der Waals surface area contributed by atoms with Gasteiger partial charge in [-0.2, -0.15) is 0 Å². The molecule has 0 aliphatic carbocycles. The largest absolute Gasteiger partial charge is 0.271 e. The molecular formula is C15H13Cl2N3O4S. The second-order valence-corrected chi connectivity index (χ2v) is 7.44. The van der Waals surface area contributed by atoms with Gasteiger partial charge in [0.2, 0.25) is 10.0 Å². The first-order valence-corrected chi connectivity index (χ1v) is 9.08. The molecule has 2 rings (SSSR count). The summed E-state index contributed by atoms with van der Waals surface area (Å²) in [5.74, 6) is -1.41. The third-order valence-corrected chi connectivity index (χ3v) is 5.24. The van der Waals surface area contributed by atoms with Crippen LogP contribution in [0.15, 0.2) is 47.4 Å². The lowest BCUT2D eigenvalue weighted by Crippen LogP contribution is -2.41. The summed E-state index contributed by atoms with van der Waals surface area (Å²) in [7, 11) is -2.50. The van der Waals surface area contributed by atoms with Gasteiger partial charge in [0.15, 0.2) is 0 Å². The summed E-state index contributed by atoms with van der Waals surface area (Å²) in [4.78, 5) is 24.1. The molecule has 3 N–H and O–H groups in total. The number of sulfonamides is 1. The summed E-state index contributed by atoms with van der Waals surface area (Å²) < 4.78 is 25.7. The van der Waals surface area contributed by atoms with E-state index in [4.69, 9.17) is 23.2 Å². The zero-order valence-corrected chi connectivity index (χ0v) is 15.2. The van der Waals surface area contributed by atoms with Gasteiger partial charge in [-0.1, -0.05) is 35.3 Å². The standard InChI is InChI=1S/C15H13Cl2N3O4S/c1-18-25(23,24)9-6-7-13(17)11(8-9)15(22)20-19-14(21)10-4-2-3-5-12(10)16/h2-8,18H,1H3,(H,19,21)(H,20,22). The van der Waals surface area contributed by atoms with E-state index in [2.05, 4.69) is 15.6 Å². The van der Waals surface area contributed by atoms with Crippen molar-refractivity contribution in [1.82, 2.24) is 15.6 Å². The Balaban J connectivity index is 2.17. The molecule has 0 unspecified atom stereocenters. The Kier molecular flexibility index (Phi) is 6.02. The van der Waals surface area contributed by atoms with E-state index >= 15 is 0 Å². The molecular weight excluding hydrogens is 389 g/mol. The second-order valence-electron chi connectivity index (χ2n) is 4.74. The van der Waals surface area contributed by atoms with Crippen molar-refractivity contribution in [2.75, 3.05) is 7.05 Å². The molecule has 132 valence electrons. The molecule has 2 amide bonds. The quantitative estimate of drug-likeness (QED) is 0.681. The van der Waals surface area contributed by atoms with E-state index < -0.39 is 21.8 Å². The van der Waals surface area contributed by atoms with Crippen LogP contribution in [0.25, 0.3) is 0 Å². The minimum Gasteiger partial charge on any atom is -0.267 e. The highest BCUT2D eigenvalue weighted by molar-refractivity contribution is 7.89. The van der Waals surface area contributed by atoms with Gasteiger partial charge in [0.25, 0.3) is 11.8 Å². The number of benzene rings is 2. The van der Waals surface area contributed by atoms with Crippen LogP contribution in [0.3, 0.4) is 0 Å². The molecule has 0 radical (unpaired) electrons. The van der Waals surface area contributed by atoms with Crippen LogP contribution in [0, 0.1) is 0 Å². The normalized spacial score (nSPS) is 11.0. The average molecular weight is 402 g/mol. The SMILES string of the molecule is CNS(=O)(=O)c1ccc(Cl)c(C(=O)NNC(=O)c2ccccc2Cl)c1. The van der Waals surface area contributed by atoms with Crippen molar-refractivity contribution in [2.45, 2.75) is 4.90 Å². The number of rotatable bonds is 4. The maximum atomic E-state index is 12.2. The van der Waals surface area contributed by atoms with Gasteiger partial charge in [-0.05, 0) is 37.4 Å². The highest BCUT2D eigenvalue weighted by atomic mass is 35.5. The van der Waals surface area contributed by atoms with Gasteiger partial charge in [0.05, 0.1) is 26.1 Å². The maximum absolute atomic E-state index is 12.2. The first-order valence-electron chi connectivity index (χ1n) is 6.84. The fraction of sp³-hybridized carbons (Fsp3) is 0.0667. The molecule has 10 heteroatoms. The Morgan fingerprint density at radius 3 is 2.04 bits per heavy atom. The van der Waals surface area contributed by atoms with Crippen molar-refractivity contribution in [2.24, 2.45) is 0 Å². The average Bonchev–Trinajstić information content (AvgIpc) is 2.60. The van der Waals surface area contributed by atoms with Crippen molar-refractivity contribution < 1.29 is 18.0 Å².